The topological polar surface area (TPSA) is 94.0 Å². The van der Waals surface area contributed by atoms with E-state index < -0.39 is 0 Å². The molecular formula is C11H18N4O2. The third-order valence-corrected chi connectivity index (χ3v) is 3.66. The fourth-order valence-electron chi connectivity index (χ4n) is 2.29. The second-order valence-electron chi connectivity index (χ2n) is 4.94. The lowest BCUT2D eigenvalue weighted by atomic mass is 9.79. The molecule has 1 saturated carbocycles. The smallest absolute Gasteiger partial charge is 0.277 e. The van der Waals surface area contributed by atoms with Gasteiger partial charge in [0.2, 0.25) is 11.5 Å². The number of hydrogen-bond donors (Lipinski definition) is 2. The van der Waals surface area contributed by atoms with Gasteiger partial charge in [0.25, 0.3) is 5.91 Å². The van der Waals surface area contributed by atoms with Gasteiger partial charge in [0, 0.05) is 6.04 Å². The van der Waals surface area contributed by atoms with E-state index in [4.69, 9.17) is 5.73 Å². The molecule has 1 aliphatic rings. The second-order valence-corrected chi connectivity index (χ2v) is 4.94. The van der Waals surface area contributed by atoms with E-state index >= 15 is 0 Å². The Morgan fingerprint density at radius 2 is 2.12 bits per heavy atom. The van der Waals surface area contributed by atoms with Crippen molar-refractivity contribution in [2.45, 2.75) is 39.2 Å². The fourth-order valence-corrected chi connectivity index (χ4v) is 2.29. The van der Waals surface area contributed by atoms with Gasteiger partial charge in [0.05, 0.1) is 0 Å². The van der Waals surface area contributed by atoms with Gasteiger partial charge in [-0.2, -0.15) is 0 Å². The minimum absolute atomic E-state index is 0.0414. The van der Waals surface area contributed by atoms with E-state index in [1.54, 1.807) is 0 Å². The highest BCUT2D eigenvalue weighted by atomic mass is 16.6. The highest BCUT2D eigenvalue weighted by Crippen LogP contribution is 2.29. The number of hydrogen-bond acceptors (Lipinski definition) is 5. The van der Waals surface area contributed by atoms with Crippen molar-refractivity contribution >= 4 is 11.7 Å². The first-order valence-electron chi connectivity index (χ1n) is 5.96. The molecule has 3 atom stereocenters. The van der Waals surface area contributed by atoms with E-state index in [0.29, 0.717) is 5.92 Å². The summed E-state index contributed by atoms with van der Waals surface area (Å²) in [5.41, 5.74) is 5.55. The van der Waals surface area contributed by atoms with E-state index in [-0.39, 0.29) is 23.5 Å². The van der Waals surface area contributed by atoms with Gasteiger partial charge in [-0.15, -0.1) is 0 Å². The number of nitrogens with two attached hydrogens (primary N) is 1. The van der Waals surface area contributed by atoms with Crippen LogP contribution in [0, 0.1) is 11.8 Å². The maximum Gasteiger partial charge on any atom is 0.277 e. The third kappa shape index (κ3) is 2.57. The molecule has 0 spiro atoms. The molecule has 1 heterocycles. The van der Waals surface area contributed by atoms with Gasteiger partial charge in [-0.25, -0.2) is 4.63 Å². The van der Waals surface area contributed by atoms with Crippen molar-refractivity contribution in [2.24, 2.45) is 11.8 Å². The molecule has 0 saturated heterocycles. The molecule has 0 radical (unpaired) electrons. The normalized spacial score (nSPS) is 28.9. The Labute approximate surface area is 99.9 Å². The van der Waals surface area contributed by atoms with Crippen LogP contribution in [0.15, 0.2) is 4.63 Å². The molecule has 1 fully saturated rings. The minimum atomic E-state index is -0.296. The summed E-state index contributed by atoms with van der Waals surface area (Å²) in [5, 5.41) is 9.81. The molecule has 3 N–H and O–H groups in total. The molecule has 6 heteroatoms. The van der Waals surface area contributed by atoms with E-state index in [0.717, 1.165) is 25.2 Å². The average molecular weight is 238 g/mol. The average Bonchev–Trinajstić information content (AvgIpc) is 2.70. The van der Waals surface area contributed by atoms with Crippen LogP contribution in [0.4, 0.5) is 5.82 Å². The lowest BCUT2D eigenvalue weighted by molar-refractivity contribution is 0.0901. The van der Waals surface area contributed by atoms with Crippen LogP contribution in [0.5, 0.6) is 0 Å². The number of nitrogens with one attached hydrogen (secondary N) is 1. The Bertz CT molecular complexity index is 404. The number of carbonyl (C=O) groups is 1. The predicted molar refractivity (Wildman–Crippen MR) is 62.1 cm³/mol. The first-order chi connectivity index (χ1) is 8.08. The lowest BCUT2D eigenvalue weighted by Crippen LogP contribution is -2.40. The van der Waals surface area contributed by atoms with E-state index in [9.17, 15) is 4.79 Å². The van der Waals surface area contributed by atoms with Crippen molar-refractivity contribution < 1.29 is 9.42 Å². The summed E-state index contributed by atoms with van der Waals surface area (Å²) in [5.74, 6) is 1.10. The number of nitrogen functional groups attached to an aromatic ring is 1. The summed E-state index contributed by atoms with van der Waals surface area (Å²) in [6.45, 7) is 4.47. The molecule has 1 aromatic heterocycles. The predicted octanol–water partition coefficient (Wildman–Crippen LogP) is 1.21. The first kappa shape index (κ1) is 11.9. The fraction of sp³-hybridized carbons (Fsp3) is 0.727. The van der Waals surface area contributed by atoms with Crippen LogP contribution in [0.1, 0.15) is 43.6 Å². The molecule has 94 valence electrons. The Morgan fingerprint density at radius 1 is 1.35 bits per heavy atom. The summed E-state index contributed by atoms with van der Waals surface area (Å²) in [7, 11) is 0. The second kappa shape index (κ2) is 4.73. The van der Waals surface area contributed by atoms with E-state index in [1.807, 2.05) is 0 Å². The summed E-state index contributed by atoms with van der Waals surface area (Å²) < 4.78 is 4.41. The van der Waals surface area contributed by atoms with Crippen molar-refractivity contribution in [1.82, 2.24) is 15.6 Å². The SMILES string of the molecule is CC1CCC(NC(=O)c2nonc2N)CC1C. The van der Waals surface area contributed by atoms with Crippen molar-refractivity contribution in [2.75, 3.05) is 5.73 Å². The molecule has 2 rings (SSSR count). The van der Waals surface area contributed by atoms with Crippen LogP contribution in [-0.4, -0.2) is 22.3 Å². The van der Waals surface area contributed by atoms with Gasteiger partial charge in [0.15, 0.2) is 0 Å². The van der Waals surface area contributed by atoms with E-state index in [2.05, 4.69) is 34.1 Å². The zero-order chi connectivity index (χ0) is 12.4. The van der Waals surface area contributed by atoms with Crippen LogP contribution in [0.2, 0.25) is 0 Å². The molecule has 3 unspecified atom stereocenters. The molecule has 1 aromatic rings. The summed E-state index contributed by atoms with van der Waals surface area (Å²) in [4.78, 5) is 11.8. The minimum Gasteiger partial charge on any atom is -0.379 e. The number of amides is 1. The maximum absolute atomic E-state index is 11.8. The molecule has 1 amide bonds. The van der Waals surface area contributed by atoms with Crippen LogP contribution < -0.4 is 11.1 Å². The van der Waals surface area contributed by atoms with Gasteiger partial charge < -0.3 is 11.1 Å². The molecule has 17 heavy (non-hydrogen) atoms. The van der Waals surface area contributed by atoms with Gasteiger partial charge >= 0.3 is 0 Å². The number of anilines is 1. The van der Waals surface area contributed by atoms with Crippen LogP contribution >= 0.6 is 0 Å². The molecule has 0 bridgehead atoms. The van der Waals surface area contributed by atoms with Gasteiger partial charge in [-0.3, -0.25) is 4.79 Å². The van der Waals surface area contributed by atoms with Crippen molar-refractivity contribution in [1.29, 1.82) is 0 Å². The van der Waals surface area contributed by atoms with E-state index in [1.165, 1.54) is 0 Å². The Hall–Kier alpha value is -1.59. The summed E-state index contributed by atoms with van der Waals surface area (Å²) >= 11 is 0. The standard InChI is InChI=1S/C11H18N4O2/c1-6-3-4-8(5-7(6)2)13-11(16)9-10(12)15-17-14-9/h6-8H,3-5H2,1-2H3,(H2,12,15)(H,13,16). The molecule has 0 aromatic carbocycles. The molecule has 6 nitrogen and oxygen atoms in total. The first-order valence-corrected chi connectivity index (χ1v) is 5.96. The molecule has 1 aliphatic carbocycles. The maximum atomic E-state index is 11.8. The summed E-state index contributed by atoms with van der Waals surface area (Å²) in [6, 6.07) is 0.199. The Kier molecular flexibility index (Phi) is 3.31. The third-order valence-electron chi connectivity index (χ3n) is 3.66. The molecular weight excluding hydrogens is 220 g/mol. The van der Waals surface area contributed by atoms with Crippen LogP contribution in [-0.2, 0) is 0 Å². The van der Waals surface area contributed by atoms with Crippen molar-refractivity contribution in [3.05, 3.63) is 5.69 Å². The number of rotatable bonds is 2. The zero-order valence-electron chi connectivity index (χ0n) is 10.1. The van der Waals surface area contributed by atoms with Crippen molar-refractivity contribution in [3.63, 3.8) is 0 Å². The van der Waals surface area contributed by atoms with Gasteiger partial charge in [-0.05, 0) is 41.4 Å². The quantitative estimate of drug-likeness (QED) is 0.807. The van der Waals surface area contributed by atoms with Crippen molar-refractivity contribution in [3.8, 4) is 0 Å². The highest BCUT2D eigenvalue weighted by Gasteiger charge is 2.27. The Balaban J connectivity index is 1.94. The molecule has 0 aliphatic heterocycles. The number of carbonyl (C=O) groups excluding carboxylic acids is 1. The largest absolute Gasteiger partial charge is 0.379 e. The number of nitrogens with zero attached hydrogens (tertiary/aromatic N) is 2. The summed E-state index contributed by atoms with van der Waals surface area (Å²) in [6.07, 6.45) is 3.14. The van der Waals surface area contributed by atoms with Crippen LogP contribution in [0.3, 0.4) is 0 Å². The Morgan fingerprint density at radius 3 is 2.71 bits per heavy atom. The van der Waals surface area contributed by atoms with Gasteiger partial charge in [-0.1, -0.05) is 13.8 Å². The monoisotopic (exact) mass is 238 g/mol. The van der Waals surface area contributed by atoms with Crippen LogP contribution in [0.25, 0.3) is 0 Å². The highest BCUT2D eigenvalue weighted by molar-refractivity contribution is 5.96. The zero-order valence-corrected chi connectivity index (χ0v) is 10.1. The lowest BCUT2D eigenvalue weighted by Gasteiger charge is -2.32. The van der Waals surface area contributed by atoms with Gasteiger partial charge in [0.1, 0.15) is 0 Å². The number of aromatic nitrogens is 2.